The smallest absolute Gasteiger partial charge is 0.340 e. The Bertz CT molecular complexity index is 1500. The molecule has 0 aliphatic heterocycles. The normalized spacial score (nSPS) is 11.0. The summed E-state index contributed by atoms with van der Waals surface area (Å²) in [6.45, 7) is 0. The number of halogens is 1. The maximum atomic E-state index is 14.0. The lowest BCUT2D eigenvalue weighted by Gasteiger charge is -2.15. The number of benzene rings is 3. The number of aromatic nitrogens is 3. The number of para-hydroxylation sites is 1. The van der Waals surface area contributed by atoms with Crippen molar-refractivity contribution >= 4 is 28.6 Å². The van der Waals surface area contributed by atoms with Crippen LogP contribution in [0.5, 0.6) is 0 Å². The van der Waals surface area contributed by atoms with Gasteiger partial charge in [0.15, 0.2) is 0 Å². The largest absolute Gasteiger partial charge is 0.465 e. The van der Waals surface area contributed by atoms with Crippen LogP contribution in [0.1, 0.15) is 27.5 Å². The molecule has 35 heavy (non-hydrogen) atoms. The number of rotatable bonds is 7. The van der Waals surface area contributed by atoms with Crippen molar-refractivity contribution < 1.29 is 18.3 Å². The van der Waals surface area contributed by atoms with Crippen LogP contribution in [0.25, 0.3) is 22.0 Å². The van der Waals surface area contributed by atoms with Gasteiger partial charge in [0, 0.05) is 16.7 Å². The number of hydrogen-bond acceptors (Lipinski definition) is 7. The van der Waals surface area contributed by atoms with E-state index in [0.717, 1.165) is 22.0 Å². The molecule has 174 valence electrons. The summed E-state index contributed by atoms with van der Waals surface area (Å²) in [6, 6.07) is 23.8. The van der Waals surface area contributed by atoms with Crippen molar-refractivity contribution in [1.29, 1.82) is 0 Å². The minimum Gasteiger partial charge on any atom is -0.465 e. The van der Waals surface area contributed by atoms with Gasteiger partial charge in [-0.1, -0.05) is 78.5 Å². The molecule has 0 aliphatic rings. The summed E-state index contributed by atoms with van der Waals surface area (Å²) >= 11 is 1.26. The molecule has 0 aliphatic carbocycles. The Morgan fingerprint density at radius 3 is 2.51 bits per heavy atom. The fraction of sp³-hybridized carbons (Fsp3) is 0.111. The molecule has 5 rings (SSSR count). The number of ether oxygens (including phenoxy) is 1. The van der Waals surface area contributed by atoms with Crippen LogP contribution >= 0.6 is 11.8 Å². The van der Waals surface area contributed by atoms with Gasteiger partial charge in [0.05, 0.1) is 30.3 Å². The van der Waals surface area contributed by atoms with E-state index in [9.17, 15) is 9.18 Å². The summed E-state index contributed by atoms with van der Waals surface area (Å²) in [7, 11) is 1.36. The van der Waals surface area contributed by atoms with Crippen molar-refractivity contribution in [2.45, 2.75) is 17.4 Å². The second kappa shape index (κ2) is 10.1. The first kappa shape index (κ1) is 22.7. The zero-order valence-corrected chi connectivity index (χ0v) is 19.6. The maximum Gasteiger partial charge on any atom is 0.340 e. The third-order valence-corrected chi connectivity index (χ3v) is 6.33. The first-order valence-corrected chi connectivity index (χ1v) is 11.9. The van der Waals surface area contributed by atoms with E-state index < -0.39 is 5.97 Å². The number of methoxy groups -OCH3 is 1. The molecular weight excluding hydrogens is 465 g/mol. The minimum absolute atomic E-state index is 0.194. The van der Waals surface area contributed by atoms with Gasteiger partial charge in [-0.2, -0.15) is 0 Å². The molecule has 3 aromatic carbocycles. The first-order valence-electron chi connectivity index (χ1n) is 10.9. The van der Waals surface area contributed by atoms with Gasteiger partial charge in [-0.15, -0.1) is 10.2 Å². The van der Waals surface area contributed by atoms with Crippen molar-refractivity contribution in [1.82, 2.24) is 15.2 Å². The van der Waals surface area contributed by atoms with E-state index in [1.54, 1.807) is 18.2 Å². The summed E-state index contributed by atoms with van der Waals surface area (Å²) in [6.07, 6.45) is 0.194. The average Bonchev–Trinajstić information content (AvgIpc) is 3.35. The first-order chi connectivity index (χ1) is 17.1. The highest BCUT2D eigenvalue weighted by atomic mass is 32.2. The third-order valence-electron chi connectivity index (χ3n) is 5.50. The van der Waals surface area contributed by atoms with Gasteiger partial charge in [-0.05, 0) is 23.3 Å². The van der Waals surface area contributed by atoms with Crippen LogP contribution < -0.4 is 0 Å². The molecule has 0 bridgehead atoms. The van der Waals surface area contributed by atoms with E-state index in [1.807, 2.05) is 54.6 Å². The molecule has 2 heterocycles. The van der Waals surface area contributed by atoms with Crippen molar-refractivity contribution in [3.63, 3.8) is 0 Å². The number of nitrogens with zero attached hydrogens (tertiary/aromatic N) is 3. The van der Waals surface area contributed by atoms with Crippen LogP contribution in [0, 0.1) is 5.82 Å². The predicted molar refractivity (Wildman–Crippen MR) is 132 cm³/mol. The standard InChI is InChI=1S/C27H20FN3O3S/c1-33-26(32)25-22(16-35-27-31-30-23(34-27)15-18-11-5-7-13-20(18)28)29-21-14-8-6-12-19(21)24(25)17-9-3-2-4-10-17/h2-14H,15-16H2,1H3. The zero-order chi connectivity index (χ0) is 24.2. The Labute approximate surface area is 205 Å². The Hall–Kier alpha value is -4.04. The SMILES string of the molecule is COC(=O)c1c(CSc2nnc(Cc3ccccc3F)o2)nc2ccccc2c1-c1ccccc1. The van der Waals surface area contributed by atoms with Crippen LogP contribution in [0.4, 0.5) is 4.39 Å². The summed E-state index contributed by atoms with van der Waals surface area (Å²) < 4.78 is 24.8. The van der Waals surface area contributed by atoms with Crippen molar-refractivity contribution in [2.24, 2.45) is 0 Å². The number of pyridine rings is 1. The number of esters is 1. The summed E-state index contributed by atoms with van der Waals surface area (Å²) in [4.78, 5) is 17.7. The minimum atomic E-state index is -0.469. The quantitative estimate of drug-likeness (QED) is 0.204. The second-order valence-corrected chi connectivity index (χ2v) is 8.63. The fourth-order valence-electron chi connectivity index (χ4n) is 3.90. The van der Waals surface area contributed by atoms with E-state index in [2.05, 4.69) is 10.2 Å². The van der Waals surface area contributed by atoms with Gasteiger partial charge in [-0.25, -0.2) is 9.18 Å². The maximum absolute atomic E-state index is 14.0. The van der Waals surface area contributed by atoms with Gasteiger partial charge in [0.25, 0.3) is 5.22 Å². The van der Waals surface area contributed by atoms with Gasteiger partial charge in [0.1, 0.15) is 5.82 Å². The molecule has 0 spiro atoms. The Balaban J connectivity index is 1.50. The van der Waals surface area contributed by atoms with E-state index >= 15 is 0 Å². The van der Waals surface area contributed by atoms with Gasteiger partial charge in [0.2, 0.25) is 5.89 Å². The van der Waals surface area contributed by atoms with E-state index in [-0.39, 0.29) is 12.2 Å². The number of carbonyl (C=O) groups excluding carboxylic acids is 1. The van der Waals surface area contributed by atoms with Crippen LogP contribution in [0.15, 0.2) is 88.5 Å². The lowest BCUT2D eigenvalue weighted by molar-refractivity contribution is 0.0600. The number of carbonyl (C=O) groups is 1. The molecule has 0 amide bonds. The number of hydrogen-bond donors (Lipinski definition) is 0. The van der Waals surface area contributed by atoms with Gasteiger partial charge >= 0.3 is 5.97 Å². The Morgan fingerprint density at radius 2 is 1.71 bits per heavy atom. The van der Waals surface area contributed by atoms with Gasteiger partial charge in [-0.3, -0.25) is 4.98 Å². The van der Waals surface area contributed by atoms with Crippen molar-refractivity contribution in [3.8, 4) is 11.1 Å². The Morgan fingerprint density at radius 1 is 0.971 bits per heavy atom. The van der Waals surface area contributed by atoms with Crippen LogP contribution in [-0.4, -0.2) is 28.3 Å². The zero-order valence-electron chi connectivity index (χ0n) is 18.8. The summed E-state index contributed by atoms with van der Waals surface area (Å²) in [5, 5.41) is 9.28. The second-order valence-electron chi connectivity index (χ2n) is 7.70. The van der Waals surface area contributed by atoms with Crippen LogP contribution in [-0.2, 0) is 16.9 Å². The van der Waals surface area contributed by atoms with Crippen molar-refractivity contribution in [2.75, 3.05) is 7.11 Å². The molecule has 0 fully saturated rings. The predicted octanol–water partition coefficient (Wildman–Crippen LogP) is 6.09. The molecule has 5 aromatic rings. The van der Waals surface area contributed by atoms with E-state index in [4.69, 9.17) is 14.1 Å². The molecule has 0 radical (unpaired) electrons. The molecule has 0 atom stereocenters. The molecule has 8 heteroatoms. The molecular formula is C27H20FN3O3S. The number of thioether (sulfide) groups is 1. The highest BCUT2D eigenvalue weighted by Gasteiger charge is 2.23. The molecule has 0 N–H and O–H groups in total. The Kier molecular flexibility index (Phi) is 6.54. The summed E-state index contributed by atoms with van der Waals surface area (Å²) in [5.41, 5.74) is 3.85. The molecule has 2 aromatic heterocycles. The van der Waals surface area contributed by atoms with Crippen LogP contribution in [0.3, 0.4) is 0 Å². The topological polar surface area (TPSA) is 78.1 Å². The molecule has 0 saturated heterocycles. The molecule has 0 unspecified atom stereocenters. The number of fused-ring (bicyclic) bond motifs is 1. The molecule has 6 nitrogen and oxygen atoms in total. The lowest BCUT2D eigenvalue weighted by Crippen LogP contribution is -2.10. The monoisotopic (exact) mass is 485 g/mol. The van der Waals surface area contributed by atoms with Crippen LogP contribution in [0.2, 0.25) is 0 Å². The highest BCUT2D eigenvalue weighted by molar-refractivity contribution is 7.98. The lowest BCUT2D eigenvalue weighted by atomic mass is 9.94. The van der Waals surface area contributed by atoms with E-state index in [1.165, 1.54) is 24.9 Å². The fourth-order valence-corrected chi connectivity index (χ4v) is 4.62. The van der Waals surface area contributed by atoms with Gasteiger partial charge < -0.3 is 9.15 Å². The van der Waals surface area contributed by atoms with Crippen molar-refractivity contribution in [3.05, 3.63) is 107 Å². The molecule has 0 saturated carbocycles. The highest BCUT2D eigenvalue weighted by Crippen LogP contribution is 2.35. The average molecular weight is 486 g/mol. The summed E-state index contributed by atoms with van der Waals surface area (Å²) in [5.74, 6) is -0.182. The van der Waals surface area contributed by atoms with E-state index in [0.29, 0.717) is 33.7 Å². The third kappa shape index (κ3) is 4.79.